The summed E-state index contributed by atoms with van der Waals surface area (Å²) in [6, 6.07) is 60.9. The van der Waals surface area contributed by atoms with E-state index >= 15 is 4.79 Å². The Kier molecular flexibility index (Phi) is 9.64. The Morgan fingerprint density at radius 2 is 1.12 bits per heavy atom. The minimum atomic E-state index is -0.964. The minimum absolute atomic E-state index is 0.0202. The number of nitrogens with zero attached hydrogens (tertiary/aromatic N) is 5. The second-order valence-electron chi connectivity index (χ2n) is 14.2. The van der Waals surface area contributed by atoms with Gasteiger partial charge in [0.1, 0.15) is 12.3 Å². The normalized spacial score (nSPS) is 11.8. The lowest BCUT2D eigenvalue weighted by atomic mass is 9.76. The fraction of sp³-hybridized carbons (Fsp3) is 0.122. The van der Waals surface area contributed by atoms with E-state index in [0.717, 1.165) is 39.2 Å². The smallest absolute Gasteiger partial charge is 0.287 e. The second-order valence-corrected chi connectivity index (χ2v) is 14.2. The van der Waals surface area contributed by atoms with E-state index in [4.69, 9.17) is 9.72 Å². The molecule has 3 heterocycles. The minimum Gasteiger partial charge on any atom is -0.394 e. The predicted octanol–water partition coefficient (Wildman–Crippen LogP) is 8.81. The highest BCUT2D eigenvalue weighted by atomic mass is 16.5. The molecule has 1 N–H and O–H groups in total. The summed E-state index contributed by atoms with van der Waals surface area (Å²) in [7, 11) is 0. The molecule has 0 aliphatic rings. The average Bonchev–Trinajstić information content (AvgIpc) is 3.82. The zero-order chi connectivity index (χ0) is 38.8. The molecule has 3 aromatic heterocycles. The zero-order valence-electron chi connectivity index (χ0n) is 31.5. The Morgan fingerprint density at radius 1 is 0.649 bits per heavy atom. The Bertz CT molecular complexity index is 2680. The molecule has 0 aliphatic heterocycles. The van der Waals surface area contributed by atoms with Crippen LogP contribution in [0.3, 0.4) is 0 Å². The fourth-order valence-corrected chi connectivity index (χ4v) is 8.44. The van der Waals surface area contributed by atoms with Crippen molar-refractivity contribution < 1.29 is 9.84 Å². The van der Waals surface area contributed by atoms with Crippen LogP contribution in [0.2, 0.25) is 0 Å². The summed E-state index contributed by atoms with van der Waals surface area (Å²) in [4.78, 5) is 24.9. The van der Waals surface area contributed by atoms with Gasteiger partial charge in [0.25, 0.3) is 5.56 Å². The van der Waals surface area contributed by atoms with Crippen LogP contribution in [0.5, 0.6) is 0 Å². The van der Waals surface area contributed by atoms with Crippen molar-refractivity contribution in [3.63, 3.8) is 0 Å². The van der Waals surface area contributed by atoms with E-state index in [0.29, 0.717) is 11.4 Å². The molecular weight excluding hydrogens is 707 g/mol. The molecule has 57 heavy (non-hydrogen) atoms. The van der Waals surface area contributed by atoms with Crippen molar-refractivity contribution in [3.05, 3.63) is 232 Å². The highest BCUT2D eigenvalue weighted by molar-refractivity contribution is 5.77. The lowest BCUT2D eigenvalue weighted by molar-refractivity contribution is 0.0499. The number of hydrogen-bond acceptors (Lipinski definition) is 5. The summed E-state index contributed by atoms with van der Waals surface area (Å²) in [6.45, 7) is 2.18. The van der Waals surface area contributed by atoms with Gasteiger partial charge in [0.2, 0.25) is 5.78 Å². The van der Waals surface area contributed by atoms with Crippen LogP contribution in [0.4, 0.5) is 0 Å². The van der Waals surface area contributed by atoms with Gasteiger partial charge >= 0.3 is 0 Å². The Labute approximate surface area is 330 Å². The number of ether oxygens (including phenoxy) is 1. The van der Waals surface area contributed by atoms with Gasteiger partial charge < -0.3 is 9.84 Å². The monoisotopic (exact) mass is 747 g/mol. The van der Waals surface area contributed by atoms with Gasteiger partial charge in [0, 0.05) is 17.2 Å². The standard InChI is InChI=1S/C49H41N5O3/c1-35-45(39-29-27-38(28-30-39)43(36-17-7-2-8-18-36)37-19-9-3-10-20-37)53-47(56)44-46(52(33-50-44)34-57-32-31-55)51-48(53)54(35)49(40-21-11-4-12-22-40,41-23-13-5-14-24-41)42-25-15-6-16-26-42/h2-30,33,43,55H,31-32,34H2,1H3. The third kappa shape index (κ3) is 6.16. The van der Waals surface area contributed by atoms with E-state index in [1.807, 2.05) is 30.3 Å². The molecule has 0 amide bonds. The van der Waals surface area contributed by atoms with Gasteiger partial charge in [-0.25, -0.2) is 9.38 Å². The summed E-state index contributed by atoms with van der Waals surface area (Å²) in [5.41, 5.74) is 8.38. The summed E-state index contributed by atoms with van der Waals surface area (Å²) < 4.78 is 11.4. The van der Waals surface area contributed by atoms with Crippen molar-refractivity contribution in [2.45, 2.75) is 25.1 Å². The molecule has 0 atom stereocenters. The van der Waals surface area contributed by atoms with Gasteiger partial charge in [0.05, 0.1) is 25.2 Å². The molecule has 9 aromatic rings. The van der Waals surface area contributed by atoms with E-state index < -0.39 is 5.54 Å². The van der Waals surface area contributed by atoms with E-state index in [1.165, 1.54) is 11.1 Å². The first-order valence-electron chi connectivity index (χ1n) is 19.2. The maximum absolute atomic E-state index is 15.0. The number of imidazole rings is 2. The molecule has 0 aliphatic carbocycles. The third-order valence-corrected chi connectivity index (χ3v) is 10.9. The molecule has 8 nitrogen and oxygen atoms in total. The van der Waals surface area contributed by atoms with Crippen LogP contribution >= 0.6 is 0 Å². The van der Waals surface area contributed by atoms with E-state index in [9.17, 15) is 5.11 Å². The first-order chi connectivity index (χ1) is 28.1. The van der Waals surface area contributed by atoms with Crippen molar-refractivity contribution in [2.75, 3.05) is 13.2 Å². The van der Waals surface area contributed by atoms with Crippen molar-refractivity contribution in [1.29, 1.82) is 0 Å². The van der Waals surface area contributed by atoms with Crippen molar-refractivity contribution in [2.24, 2.45) is 0 Å². The molecule has 0 saturated carbocycles. The Hall–Kier alpha value is -6.87. The highest BCUT2D eigenvalue weighted by Gasteiger charge is 2.42. The summed E-state index contributed by atoms with van der Waals surface area (Å²) in [6.07, 6.45) is 1.58. The van der Waals surface area contributed by atoms with Crippen LogP contribution in [0.15, 0.2) is 187 Å². The Balaban J connectivity index is 1.36. The molecular formula is C49H41N5O3. The van der Waals surface area contributed by atoms with Gasteiger partial charge in [0.15, 0.2) is 11.2 Å². The van der Waals surface area contributed by atoms with Crippen LogP contribution < -0.4 is 5.56 Å². The number of fused-ring (bicyclic) bond motifs is 2. The molecule has 0 spiro atoms. The zero-order valence-corrected chi connectivity index (χ0v) is 31.5. The number of aliphatic hydroxyl groups excluding tert-OH is 1. The number of aliphatic hydroxyl groups is 1. The fourth-order valence-electron chi connectivity index (χ4n) is 8.44. The van der Waals surface area contributed by atoms with Crippen LogP contribution in [0.25, 0.3) is 28.2 Å². The highest BCUT2D eigenvalue weighted by Crippen LogP contribution is 2.45. The van der Waals surface area contributed by atoms with Crippen molar-refractivity contribution in [1.82, 2.24) is 23.5 Å². The largest absolute Gasteiger partial charge is 0.394 e. The second kappa shape index (κ2) is 15.3. The lowest BCUT2D eigenvalue weighted by Gasteiger charge is -2.38. The summed E-state index contributed by atoms with van der Waals surface area (Å²) >= 11 is 0. The molecule has 0 fully saturated rings. The van der Waals surface area contributed by atoms with Gasteiger partial charge in [-0.15, -0.1) is 0 Å². The molecule has 0 unspecified atom stereocenters. The predicted molar refractivity (Wildman–Crippen MR) is 224 cm³/mol. The first-order valence-corrected chi connectivity index (χ1v) is 19.2. The lowest BCUT2D eigenvalue weighted by Crippen LogP contribution is -2.39. The van der Waals surface area contributed by atoms with Gasteiger partial charge in [-0.3, -0.25) is 13.9 Å². The van der Waals surface area contributed by atoms with Crippen molar-refractivity contribution >= 4 is 16.9 Å². The van der Waals surface area contributed by atoms with E-state index in [2.05, 4.69) is 162 Å². The number of aromatic nitrogens is 5. The van der Waals surface area contributed by atoms with Crippen LogP contribution in [-0.2, 0) is 17.0 Å². The maximum atomic E-state index is 15.0. The summed E-state index contributed by atoms with van der Waals surface area (Å²) in [5.74, 6) is 0.475. The van der Waals surface area contributed by atoms with Crippen molar-refractivity contribution in [3.8, 4) is 11.3 Å². The quantitative estimate of drug-likeness (QED) is 0.0998. The number of rotatable bonds is 12. The molecule has 0 bridgehead atoms. The van der Waals surface area contributed by atoms with Gasteiger partial charge in [-0.2, -0.15) is 4.98 Å². The summed E-state index contributed by atoms with van der Waals surface area (Å²) in [5, 5.41) is 9.43. The van der Waals surface area contributed by atoms with Gasteiger partial charge in [-0.05, 0) is 40.3 Å². The number of benzene rings is 6. The van der Waals surface area contributed by atoms with Crippen LogP contribution in [-0.4, -0.2) is 41.8 Å². The SMILES string of the molecule is Cc1c(-c2ccc(C(c3ccccc3)c3ccccc3)cc2)n2c(=O)c3ncn(COCCO)c3nc2n1C(c1ccccc1)(c1ccccc1)c1ccccc1. The third-order valence-electron chi connectivity index (χ3n) is 10.9. The topological polar surface area (TPSA) is 86.6 Å². The van der Waals surface area contributed by atoms with Crippen LogP contribution in [0, 0.1) is 6.92 Å². The van der Waals surface area contributed by atoms with Crippen LogP contribution in [0.1, 0.15) is 45.0 Å². The molecule has 9 rings (SSSR count). The number of hydrogen-bond donors (Lipinski definition) is 1. The van der Waals surface area contributed by atoms with E-state index in [1.54, 1.807) is 15.3 Å². The van der Waals surface area contributed by atoms with Gasteiger partial charge in [-0.1, -0.05) is 176 Å². The molecule has 280 valence electrons. The average molecular weight is 748 g/mol. The maximum Gasteiger partial charge on any atom is 0.287 e. The molecule has 0 saturated heterocycles. The van der Waals surface area contributed by atoms with E-state index in [-0.39, 0.29) is 36.9 Å². The molecule has 6 aromatic carbocycles. The molecule has 8 heteroatoms. The Morgan fingerprint density at radius 3 is 1.61 bits per heavy atom. The first kappa shape index (κ1) is 35.8. The molecule has 0 radical (unpaired) electrons.